The van der Waals surface area contributed by atoms with Crippen molar-refractivity contribution in [3.8, 4) is 11.8 Å². The number of esters is 4. The molecular weight excluding hydrogens is 662 g/mol. The maximum absolute atomic E-state index is 13.7. The summed E-state index contributed by atoms with van der Waals surface area (Å²) in [6.07, 6.45) is -6.40. The Hall–Kier alpha value is -4.20. The fourth-order valence-corrected chi connectivity index (χ4v) is 4.68. The zero-order valence-electron chi connectivity index (χ0n) is 33.0. The van der Waals surface area contributed by atoms with Crippen molar-refractivity contribution < 1.29 is 42.9 Å². The first-order valence-electron chi connectivity index (χ1n) is 17.7. The Balaban J connectivity index is 2.25. The number of hydrogen-bond acceptors (Lipinski definition) is 10. The van der Waals surface area contributed by atoms with Gasteiger partial charge in [0.25, 0.3) is 0 Å². The lowest BCUT2D eigenvalue weighted by atomic mass is 9.92. The lowest BCUT2D eigenvalue weighted by Crippen LogP contribution is -2.66. The molecule has 0 spiro atoms. The summed E-state index contributed by atoms with van der Waals surface area (Å²) in [5.74, 6) is 4.13. The van der Waals surface area contributed by atoms with Crippen LogP contribution in [0.5, 0.6) is 0 Å². The minimum absolute atomic E-state index is 0.356. The molecule has 52 heavy (non-hydrogen) atoms. The highest BCUT2D eigenvalue weighted by Crippen LogP contribution is 2.34. The fourth-order valence-electron chi connectivity index (χ4n) is 4.68. The number of rotatable bonds is 8. The number of nitrogens with one attached hydrogen (secondary N) is 1. The van der Waals surface area contributed by atoms with Crippen molar-refractivity contribution in [2.45, 2.75) is 127 Å². The maximum Gasteiger partial charge on any atom is 0.311 e. The van der Waals surface area contributed by atoms with Crippen LogP contribution in [0, 0.1) is 40.4 Å². The van der Waals surface area contributed by atoms with Gasteiger partial charge in [0.2, 0.25) is 0 Å². The van der Waals surface area contributed by atoms with Crippen molar-refractivity contribution in [1.29, 1.82) is 0 Å². The molecule has 3 rings (SSSR count). The van der Waals surface area contributed by atoms with Crippen LogP contribution in [-0.4, -0.2) is 61.1 Å². The van der Waals surface area contributed by atoms with Gasteiger partial charge in [0.15, 0.2) is 24.5 Å². The lowest BCUT2D eigenvalue weighted by Gasteiger charge is -2.46. The van der Waals surface area contributed by atoms with Gasteiger partial charge in [0.1, 0.15) is 12.7 Å². The Kier molecular flexibility index (Phi) is 13.5. The summed E-state index contributed by atoms with van der Waals surface area (Å²) in [7, 11) is 0. The molecule has 0 bridgehead atoms. The van der Waals surface area contributed by atoms with Crippen molar-refractivity contribution in [2.24, 2.45) is 21.7 Å². The van der Waals surface area contributed by atoms with E-state index in [9.17, 15) is 19.2 Å². The first-order valence-corrected chi connectivity index (χ1v) is 17.7. The highest BCUT2D eigenvalue weighted by Gasteiger charge is 2.55. The molecule has 6 atom stereocenters. The standard InChI is InChI=1S/C42H57NO9/c1-26-19-22-28(23-20-26)29(24-21-27-17-15-14-16-18-27)43-34-33(52-38(47)42(11,12)13)32(51-37(46)41(8,9)10)31(50-36(45)40(5,6)7)30(49-34)25-48-35(44)39(2,3)4/h14-20,22-23,29-34,43H,25H2,1-13H3/t29-,30+,31+,32-,33+,34+/m0/s1. The first-order chi connectivity index (χ1) is 23.9. The van der Waals surface area contributed by atoms with Gasteiger partial charge in [-0.3, -0.25) is 24.5 Å². The van der Waals surface area contributed by atoms with E-state index in [2.05, 4.69) is 17.2 Å². The first kappa shape index (κ1) is 42.2. The molecular formula is C42H57NO9. The Labute approximate surface area is 309 Å². The summed E-state index contributed by atoms with van der Waals surface area (Å²) < 4.78 is 30.8. The average molecular weight is 720 g/mol. The topological polar surface area (TPSA) is 126 Å². The van der Waals surface area contributed by atoms with Crippen molar-refractivity contribution in [1.82, 2.24) is 5.32 Å². The van der Waals surface area contributed by atoms with E-state index in [0.717, 1.165) is 16.7 Å². The smallest absolute Gasteiger partial charge is 0.311 e. The third-order valence-corrected chi connectivity index (χ3v) is 8.07. The summed E-state index contributed by atoms with van der Waals surface area (Å²) in [6, 6.07) is 16.5. The SMILES string of the molecule is Cc1ccc([C@H](C#Cc2ccccc2)N[C@@H]2O[C@H](COC(=O)C(C)(C)C)[C@@H](OC(=O)C(C)(C)C)[C@H](OC(=O)C(C)(C)C)[C@H]2OC(=O)C(C)(C)C)cc1. The normalized spacial score (nSPS) is 21.5. The van der Waals surface area contributed by atoms with Crippen LogP contribution in [0.15, 0.2) is 54.6 Å². The molecule has 2 aromatic rings. The van der Waals surface area contributed by atoms with Gasteiger partial charge >= 0.3 is 23.9 Å². The van der Waals surface area contributed by atoms with Crippen molar-refractivity contribution in [3.05, 3.63) is 71.3 Å². The molecule has 2 aromatic carbocycles. The van der Waals surface area contributed by atoms with E-state index in [1.807, 2.05) is 61.5 Å². The van der Waals surface area contributed by atoms with E-state index >= 15 is 0 Å². The summed E-state index contributed by atoms with van der Waals surface area (Å²) >= 11 is 0. The van der Waals surface area contributed by atoms with E-state index in [1.54, 1.807) is 83.1 Å². The zero-order chi connectivity index (χ0) is 39.2. The molecule has 0 amide bonds. The molecule has 0 aliphatic carbocycles. The molecule has 10 heteroatoms. The number of carbonyl (C=O) groups excluding carboxylic acids is 4. The Bertz CT molecular complexity index is 1610. The average Bonchev–Trinajstić information content (AvgIpc) is 3.03. The number of benzene rings is 2. The summed E-state index contributed by atoms with van der Waals surface area (Å²) in [5, 5.41) is 3.42. The Morgan fingerprint density at radius 3 is 1.60 bits per heavy atom. The van der Waals surface area contributed by atoms with Crippen LogP contribution in [-0.2, 0) is 42.9 Å². The third kappa shape index (κ3) is 11.9. The number of ether oxygens (including phenoxy) is 5. The fraction of sp³-hybridized carbons (Fsp3) is 0.571. The molecule has 10 nitrogen and oxygen atoms in total. The zero-order valence-corrected chi connectivity index (χ0v) is 33.0. The van der Waals surface area contributed by atoms with Gasteiger partial charge in [0, 0.05) is 5.56 Å². The molecule has 0 unspecified atom stereocenters. The van der Waals surface area contributed by atoms with Gasteiger partial charge in [-0.05, 0) is 108 Å². The molecule has 1 aliphatic rings. The summed E-state index contributed by atoms with van der Waals surface area (Å²) in [6.45, 7) is 22.0. The molecule has 1 saturated heterocycles. The van der Waals surface area contributed by atoms with Crippen LogP contribution in [0.2, 0.25) is 0 Å². The van der Waals surface area contributed by atoms with Crippen LogP contribution in [0.1, 0.15) is 106 Å². The minimum atomic E-state index is -1.38. The van der Waals surface area contributed by atoms with Gasteiger partial charge in [0.05, 0.1) is 27.7 Å². The van der Waals surface area contributed by atoms with Crippen molar-refractivity contribution in [3.63, 3.8) is 0 Å². The van der Waals surface area contributed by atoms with Crippen molar-refractivity contribution >= 4 is 23.9 Å². The Morgan fingerprint density at radius 2 is 1.12 bits per heavy atom. The van der Waals surface area contributed by atoms with E-state index in [-0.39, 0.29) is 6.61 Å². The molecule has 1 fully saturated rings. The van der Waals surface area contributed by atoms with Crippen LogP contribution in [0.25, 0.3) is 0 Å². The number of carbonyl (C=O) groups is 4. The van der Waals surface area contributed by atoms with E-state index in [4.69, 9.17) is 23.7 Å². The quantitative estimate of drug-likeness (QED) is 0.176. The maximum atomic E-state index is 13.7. The lowest BCUT2D eigenvalue weighted by molar-refractivity contribution is -0.265. The van der Waals surface area contributed by atoms with Gasteiger partial charge < -0.3 is 23.7 Å². The van der Waals surface area contributed by atoms with Crippen LogP contribution >= 0.6 is 0 Å². The second kappa shape index (κ2) is 16.6. The second-order valence-corrected chi connectivity index (χ2v) is 17.4. The van der Waals surface area contributed by atoms with E-state index < -0.39 is 82.2 Å². The molecule has 1 N–H and O–H groups in total. The summed E-state index contributed by atoms with van der Waals surface area (Å²) in [4.78, 5) is 53.9. The molecule has 0 saturated carbocycles. The van der Waals surface area contributed by atoms with Gasteiger partial charge in [-0.1, -0.05) is 59.9 Å². The number of aryl methyl sites for hydroxylation is 1. The number of hydrogen-bond donors (Lipinski definition) is 1. The van der Waals surface area contributed by atoms with Gasteiger partial charge in [-0.25, -0.2) is 0 Å². The third-order valence-electron chi connectivity index (χ3n) is 8.07. The van der Waals surface area contributed by atoms with Crippen LogP contribution in [0.4, 0.5) is 0 Å². The highest BCUT2D eigenvalue weighted by atomic mass is 16.7. The largest absolute Gasteiger partial charge is 0.462 e. The molecule has 0 radical (unpaired) electrons. The van der Waals surface area contributed by atoms with Crippen LogP contribution < -0.4 is 5.32 Å². The second-order valence-electron chi connectivity index (χ2n) is 17.4. The van der Waals surface area contributed by atoms with Gasteiger partial charge in [-0.15, -0.1) is 0 Å². The molecule has 1 heterocycles. The monoisotopic (exact) mass is 719 g/mol. The van der Waals surface area contributed by atoms with E-state index in [0.29, 0.717) is 0 Å². The predicted octanol–water partition coefficient (Wildman–Crippen LogP) is 6.87. The highest BCUT2D eigenvalue weighted by molar-refractivity contribution is 5.78. The Morgan fingerprint density at radius 1 is 0.654 bits per heavy atom. The van der Waals surface area contributed by atoms with Crippen LogP contribution in [0.3, 0.4) is 0 Å². The van der Waals surface area contributed by atoms with Gasteiger partial charge in [-0.2, -0.15) is 0 Å². The molecule has 284 valence electrons. The summed E-state index contributed by atoms with van der Waals surface area (Å²) in [5.41, 5.74) is -1.17. The molecule has 0 aromatic heterocycles. The van der Waals surface area contributed by atoms with Crippen molar-refractivity contribution in [2.75, 3.05) is 6.61 Å². The predicted molar refractivity (Wildman–Crippen MR) is 197 cm³/mol. The minimum Gasteiger partial charge on any atom is -0.462 e. The molecule has 1 aliphatic heterocycles. The van der Waals surface area contributed by atoms with E-state index in [1.165, 1.54) is 0 Å².